The number of thioether (sulfide) groups is 1. The second-order valence-electron chi connectivity index (χ2n) is 4.63. The van der Waals surface area contributed by atoms with Gasteiger partial charge in [0.15, 0.2) is 5.82 Å². The normalized spacial score (nSPS) is 14.2. The number of nitrogens with two attached hydrogens (primary N) is 1. The van der Waals surface area contributed by atoms with E-state index in [2.05, 4.69) is 37.2 Å². The van der Waals surface area contributed by atoms with E-state index in [9.17, 15) is 0 Å². The SMILES string of the molecule is CSCCc1nc(C(N)C(C)(C)C)no1. The largest absolute Gasteiger partial charge is 0.339 e. The molecule has 0 fully saturated rings. The van der Waals surface area contributed by atoms with Crippen LogP contribution in [0.15, 0.2) is 4.52 Å². The zero-order valence-electron chi connectivity index (χ0n) is 9.78. The summed E-state index contributed by atoms with van der Waals surface area (Å²) in [5, 5.41) is 3.92. The molecule has 0 bridgehead atoms. The lowest BCUT2D eigenvalue weighted by Gasteiger charge is -2.23. The van der Waals surface area contributed by atoms with Gasteiger partial charge in [-0.05, 0) is 11.7 Å². The molecule has 0 saturated carbocycles. The zero-order valence-corrected chi connectivity index (χ0v) is 10.6. The molecule has 15 heavy (non-hydrogen) atoms. The Hall–Kier alpha value is -0.550. The summed E-state index contributed by atoms with van der Waals surface area (Å²) in [4.78, 5) is 4.30. The van der Waals surface area contributed by atoms with Crippen LogP contribution in [0, 0.1) is 5.41 Å². The Morgan fingerprint density at radius 3 is 2.67 bits per heavy atom. The van der Waals surface area contributed by atoms with E-state index in [1.165, 1.54) is 0 Å². The molecule has 0 aromatic carbocycles. The quantitative estimate of drug-likeness (QED) is 0.855. The summed E-state index contributed by atoms with van der Waals surface area (Å²) < 4.78 is 5.13. The van der Waals surface area contributed by atoms with Gasteiger partial charge in [-0.25, -0.2) is 0 Å². The van der Waals surface area contributed by atoms with Gasteiger partial charge in [0.1, 0.15) is 0 Å². The van der Waals surface area contributed by atoms with Crippen molar-refractivity contribution >= 4 is 11.8 Å². The first-order valence-corrected chi connectivity index (χ1v) is 6.41. The van der Waals surface area contributed by atoms with Crippen LogP contribution >= 0.6 is 11.8 Å². The van der Waals surface area contributed by atoms with Gasteiger partial charge >= 0.3 is 0 Å². The summed E-state index contributed by atoms with van der Waals surface area (Å²) >= 11 is 1.76. The molecule has 0 amide bonds. The molecular weight excluding hydrogens is 210 g/mol. The summed E-state index contributed by atoms with van der Waals surface area (Å²) in [6, 6.07) is -0.177. The van der Waals surface area contributed by atoms with Gasteiger partial charge in [0.2, 0.25) is 5.89 Å². The average molecular weight is 229 g/mol. The number of nitrogens with zero attached hydrogens (tertiary/aromatic N) is 2. The molecule has 1 aromatic rings. The Morgan fingerprint density at radius 1 is 1.47 bits per heavy atom. The molecule has 1 aromatic heterocycles. The van der Waals surface area contributed by atoms with Crippen molar-refractivity contribution in [2.24, 2.45) is 11.1 Å². The van der Waals surface area contributed by atoms with Gasteiger partial charge in [0.05, 0.1) is 6.04 Å². The number of rotatable bonds is 4. The Morgan fingerprint density at radius 2 is 2.13 bits per heavy atom. The van der Waals surface area contributed by atoms with Crippen LogP contribution < -0.4 is 5.73 Å². The van der Waals surface area contributed by atoms with Crippen molar-refractivity contribution in [1.82, 2.24) is 10.1 Å². The molecule has 2 N–H and O–H groups in total. The fourth-order valence-corrected chi connectivity index (χ4v) is 1.45. The van der Waals surface area contributed by atoms with Crippen LogP contribution in [-0.2, 0) is 6.42 Å². The van der Waals surface area contributed by atoms with Crippen molar-refractivity contribution in [3.8, 4) is 0 Å². The van der Waals surface area contributed by atoms with Crippen molar-refractivity contribution in [2.75, 3.05) is 12.0 Å². The van der Waals surface area contributed by atoms with Crippen LogP contribution in [-0.4, -0.2) is 22.1 Å². The van der Waals surface area contributed by atoms with E-state index in [1.807, 2.05) is 0 Å². The smallest absolute Gasteiger partial charge is 0.227 e. The van der Waals surface area contributed by atoms with Gasteiger partial charge in [-0.1, -0.05) is 25.9 Å². The molecule has 0 saturated heterocycles. The highest BCUT2D eigenvalue weighted by Gasteiger charge is 2.26. The lowest BCUT2D eigenvalue weighted by Crippen LogP contribution is -2.27. The molecule has 1 rings (SSSR count). The Balaban J connectivity index is 2.67. The van der Waals surface area contributed by atoms with Gasteiger partial charge in [-0.2, -0.15) is 16.7 Å². The predicted octanol–water partition coefficient (Wildman–Crippen LogP) is 2.02. The predicted molar refractivity (Wildman–Crippen MR) is 62.8 cm³/mol. The molecule has 86 valence electrons. The maximum atomic E-state index is 6.02. The van der Waals surface area contributed by atoms with Crippen molar-refractivity contribution in [3.63, 3.8) is 0 Å². The Bertz CT molecular complexity index is 306. The number of aryl methyl sites for hydroxylation is 1. The molecule has 0 aliphatic carbocycles. The van der Waals surface area contributed by atoms with Crippen LogP contribution in [0.1, 0.15) is 38.5 Å². The lowest BCUT2D eigenvalue weighted by atomic mass is 9.87. The lowest BCUT2D eigenvalue weighted by molar-refractivity contribution is 0.300. The van der Waals surface area contributed by atoms with Gasteiger partial charge < -0.3 is 10.3 Å². The average Bonchev–Trinajstić information content (AvgIpc) is 2.60. The van der Waals surface area contributed by atoms with E-state index < -0.39 is 0 Å². The molecule has 1 unspecified atom stereocenters. The molecule has 1 heterocycles. The third-order valence-corrected chi connectivity index (χ3v) is 2.83. The van der Waals surface area contributed by atoms with Crippen LogP contribution in [0.5, 0.6) is 0 Å². The molecule has 1 atom stereocenters. The van der Waals surface area contributed by atoms with Crippen molar-refractivity contribution in [3.05, 3.63) is 11.7 Å². The molecule has 4 nitrogen and oxygen atoms in total. The number of hydrogen-bond acceptors (Lipinski definition) is 5. The highest BCUT2D eigenvalue weighted by molar-refractivity contribution is 7.98. The van der Waals surface area contributed by atoms with E-state index in [1.54, 1.807) is 11.8 Å². The van der Waals surface area contributed by atoms with Crippen molar-refractivity contribution in [1.29, 1.82) is 0 Å². The van der Waals surface area contributed by atoms with E-state index in [0.717, 1.165) is 12.2 Å². The molecular formula is C10H19N3OS. The fourth-order valence-electron chi connectivity index (χ4n) is 1.07. The monoisotopic (exact) mass is 229 g/mol. The van der Waals surface area contributed by atoms with Gasteiger partial charge in [-0.15, -0.1) is 0 Å². The molecule has 0 spiro atoms. The minimum atomic E-state index is -0.177. The summed E-state index contributed by atoms with van der Waals surface area (Å²) in [6.07, 6.45) is 2.86. The summed E-state index contributed by atoms with van der Waals surface area (Å²) in [5.74, 6) is 2.28. The topological polar surface area (TPSA) is 64.9 Å². The fraction of sp³-hybridized carbons (Fsp3) is 0.800. The molecule has 0 radical (unpaired) electrons. The first-order valence-electron chi connectivity index (χ1n) is 5.02. The van der Waals surface area contributed by atoms with Gasteiger partial charge in [0.25, 0.3) is 0 Å². The van der Waals surface area contributed by atoms with E-state index in [-0.39, 0.29) is 11.5 Å². The Labute approximate surface area is 95.0 Å². The van der Waals surface area contributed by atoms with Crippen LogP contribution in [0.4, 0.5) is 0 Å². The molecule has 0 aliphatic rings. The maximum Gasteiger partial charge on any atom is 0.227 e. The van der Waals surface area contributed by atoms with Gasteiger partial charge in [-0.3, -0.25) is 0 Å². The molecule has 0 aliphatic heterocycles. The number of aromatic nitrogens is 2. The summed E-state index contributed by atoms with van der Waals surface area (Å²) in [6.45, 7) is 6.20. The summed E-state index contributed by atoms with van der Waals surface area (Å²) in [5.41, 5.74) is 5.98. The summed E-state index contributed by atoms with van der Waals surface area (Å²) in [7, 11) is 0. The molecule has 5 heteroatoms. The Kier molecular flexibility index (Phi) is 4.16. The maximum absolute atomic E-state index is 6.02. The zero-order chi connectivity index (χ0) is 11.5. The van der Waals surface area contributed by atoms with E-state index in [0.29, 0.717) is 11.7 Å². The number of hydrogen-bond donors (Lipinski definition) is 1. The minimum absolute atomic E-state index is 0.0410. The van der Waals surface area contributed by atoms with Crippen LogP contribution in [0.25, 0.3) is 0 Å². The first kappa shape index (κ1) is 12.5. The van der Waals surface area contributed by atoms with Crippen LogP contribution in [0.3, 0.4) is 0 Å². The second-order valence-corrected chi connectivity index (χ2v) is 5.62. The minimum Gasteiger partial charge on any atom is -0.339 e. The van der Waals surface area contributed by atoms with Crippen molar-refractivity contribution in [2.45, 2.75) is 33.2 Å². The van der Waals surface area contributed by atoms with Crippen molar-refractivity contribution < 1.29 is 4.52 Å². The van der Waals surface area contributed by atoms with E-state index in [4.69, 9.17) is 10.3 Å². The highest BCUT2D eigenvalue weighted by Crippen LogP contribution is 2.28. The standard InChI is InChI=1S/C10H19N3OS/c1-10(2,3)8(11)9-12-7(14-13-9)5-6-15-4/h8H,5-6,11H2,1-4H3. The third kappa shape index (κ3) is 3.50. The third-order valence-electron chi connectivity index (χ3n) is 2.22. The van der Waals surface area contributed by atoms with E-state index >= 15 is 0 Å². The first-order chi connectivity index (χ1) is 6.95. The highest BCUT2D eigenvalue weighted by atomic mass is 32.2. The second kappa shape index (κ2) is 4.99. The van der Waals surface area contributed by atoms with Crippen LogP contribution in [0.2, 0.25) is 0 Å². The van der Waals surface area contributed by atoms with Gasteiger partial charge in [0, 0.05) is 12.2 Å².